The Morgan fingerprint density at radius 1 is 0.656 bits per heavy atom. The molecule has 5 heterocycles. The van der Waals surface area contributed by atoms with Crippen LogP contribution in [0, 0.1) is 0 Å². The van der Waals surface area contributed by atoms with Crippen LogP contribution in [0.15, 0.2) is 122 Å². The van der Waals surface area contributed by atoms with Crippen molar-refractivity contribution in [3.8, 4) is 33.6 Å². The van der Waals surface area contributed by atoms with Gasteiger partial charge in [-0.2, -0.15) is 0 Å². The van der Waals surface area contributed by atoms with Gasteiger partial charge in [-0.15, -0.1) is 0 Å². The molecule has 12 nitrogen and oxygen atoms in total. The smallest absolute Gasteiger partial charge is 0.247 e. The Labute approximate surface area is 357 Å². The van der Waals surface area contributed by atoms with E-state index in [1.54, 1.807) is 0 Å². The van der Waals surface area contributed by atoms with Crippen molar-refractivity contribution < 1.29 is 19.1 Å². The summed E-state index contributed by atoms with van der Waals surface area (Å²) in [7, 11) is 7.80. The van der Waals surface area contributed by atoms with Crippen molar-refractivity contribution >= 4 is 11.8 Å². The van der Waals surface area contributed by atoms with Crippen LogP contribution in [0.25, 0.3) is 33.6 Å². The summed E-state index contributed by atoms with van der Waals surface area (Å²) in [6.07, 6.45) is 6.75. The van der Waals surface area contributed by atoms with E-state index < -0.39 is 11.8 Å². The third-order valence-electron chi connectivity index (χ3n) is 12.6. The average Bonchev–Trinajstić information content (AvgIpc) is 4.12. The van der Waals surface area contributed by atoms with Crippen LogP contribution in [0.1, 0.15) is 72.6 Å². The Bertz CT molecular complexity index is 2420. The molecule has 0 radical (unpaired) electrons. The number of hydrogen-bond acceptors (Lipinski definition) is 8. The Hall–Kier alpha value is -5.92. The van der Waals surface area contributed by atoms with E-state index in [-0.39, 0.29) is 29.9 Å². The third-order valence-corrected chi connectivity index (χ3v) is 12.6. The van der Waals surface area contributed by atoms with E-state index in [1.165, 1.54) is 0 Å². The number of likely N-dealkylation sites (tertiary alicyclic amines) is 1. The van der Waals surface area contributed by atoms with Crippen LogP contribution in [-0.4, -0.2) is 112 Å². The van der Waals surface area contributed by atoms with Gasteiger partial charge < -0.3 is 24.3 Å². The highest BCUT2D eigenvalue weighted by atomic mass is 16.5. The minimum atomic E-state index is -0.747. The molecule has 1 spiro atoms. The van der Waals surface area contributed by atoms with Gasteiger partial charge in [0, 0.05) is 19.4 Å². The molecule has 3 aliphatic heterocycles. The quantitative estimate of drug-likeness (QED) is 0.136. The normalized spacial score (nSPS) is 19.8. The van der Waals surface area contributed by atoms with Gasteiger partial charge in [-0.1, -0.05) is 109 Å². The second-order valence-corrected chi connectivity index (χ2v) is 16.9. The molecule has 12 heteroatoms. The highest BCUT2D eigenvalue weighted by Crippen LogP contribution is 2.45. The molecule has 6 aromatic rings. The molecular formula is C49H54N8O4. The highest BCUT2D eigenvalue weighted by Gasteiger charge is 2.54. The van der Waals surface area contributed by atoms with E-state index in [9.17, 15) is 9.59 Å². The zero-order valence-electron chi connectivity index (χ0n) is 35.3. The zero-order chi connectivity index (χ0) is 42.1. The highest BCUT2D eigenvalue weighted by molar-refractivity contribution is 5.85. The summed E-state index contributed by atoms with van der Waals surface area (Å²) in [5.41, 5.74) is 7.19. The molecule has 2 amide bonds. The van der Waals surface area contributed by atoms with Crippen molar-refractivity contribution in [1.82, 2.24) is 39.5 Å². The van der Waals surface area contributed by atoms with E-state index >= 15 is 0 Å². The largest absolute Gasteiger partial charge is 0.381 e. The van der Waals surface area contributed by atoms with Crippen LogP contribution in [-0.2, 0) is 19.1 Å². The van der Waals surface area contributed by atoms with Gasteiger partial charge in [0.1, 0.15) is 35.5 Å². The van der Waals surface area contributed by atoms with Crippen molar-refractivity contribution in [2.24, 2.45) is 0 Å². The third kappa shape index (κ3) is 7.92. The molecule has 9 rings (SSSR count). The van der Waals surface area contributed by atoms with Crippen molar-refractivity contribution in [2.75, 3.05) is 54.6 Å². The Kier molecular flexibility index (Phi) is 11.4. The van der Waals surface area contributed by atoms with Gasteiger partial charge in [0.15, 0.2) is 0 Å². The second-order valence-electron chi connectivity index (χ2n) is 16.9. The number of amides is 2. The topological polar surface area (TPSA) is 123 Å². The number of nitrogens with one attached hydrogen (secondary N) is 2. The summed E-state index contributed by atoms with van der Waals surface area (Å²) in [5.74, 6) is 1.62. The predicted molar refractivity (Wildman–Crippen MR) is 235 cm³/mol. The van der Waals surface area contributed by atoms with Crippen molar-refractivity contribution in [3.63, 3.8) is 0 Å². The maximum atomic E-state index is 14.7. The van der Waals surface area contributed by atoms with Gasteiger partial charge in [-0.05, 0) is 74.4 Å². The van der Waals surface area contributed by atoms with Crippen LogP contribution in [0.5, 0.6) is 0 Å². The standard InChI is InChI=1S/C49H54N8O4/c1-54(2)43(37-12-7-5-8-13-37)47(58)56-27-11-16-41(56)45-50-30-39(52-45)35-21-17-33(18-22-35)34-19-23-36(24-20-34)40-31-51-46(53-40)42-32-61-49(25-28-60-29-26-49)57(42)48(59)44(55(3)4)38-14-9-6-10-15-38/h5-10,12-15,17-24,30-31,41-44H,11,16,25-29,32H2,1-4H3,(H,50,52)(H,51,53). The number of nitrogens with zero attached hydrogens (tertiary/aromatic N) is 6. The zero-order valence-corrected chi connectivity index (χ0v) is 35.3. The van der Waals surface area contributed by atoms with Gasteiger partial charge in [0.25, 0.3) is 0 Å². The van der Waals surface area contributed by atoms with Crippen molar-refractivity contribution in [3.05, 3.63) is 144 Å². The van der Waals surface area contributed by atoms with Gasteiger partial charge in [0.05, 0.1) is 49.6 Å². The molecule has 61 heavy (non-hydrogen) atoms. The Morgan fingerprint density at radius 3 is 1.64 bits per heavy atom. The summed E-state index contributed by atoms with van der Waals surface area (Å²) >= 11 is 0. The molecule has 4 atom stereocenters. The number of aromatic nitrogens is 4. The molecule has 4 unspecified atom stereocenters. The number of benzene rings is 4. The number of aromatic amines is 2. The van der Waals surface area contributed by atoms with Crippen LogP contribution in [0.2, 0.25) is 0 Å². The number of rotatable bonds is 11. The van der Waals surface area contributed by atoms with Crippen LogP contribution >= 0.6 is 0 Å². The number of hydrogen-bond donors (Lipinski definition) is 2. The molecule has 0 saturated carbocycles. The lowest BCUT2D eigenvalue weighted by molar-refractivity contribution is -0.173. The number of H-pyrrole nitrogens is 2. The van der Waals surface area contributed by atoms with Gasteiger partial charge >= 0.3 is 0 Å². The van der Waals surface area contributed by atoms with E-state index in [1.807, 2.05) is 121 Å². The van der Waals surface area contributed by atoms with Crippen LogP contribution < -0.4 is 0 Å². The molecule has 2 N–H and O–H groups in total. The molecule has 2 aromatic heterocycles. The maximum absolute atomic E-state index is 14.7. The molecule has 314 valence electrons. The number of likely N-dealkylation sites (N-methyl/N-ethyl adjacent to an activating group) is 2. The lowest BCUT2D eigenvalue weighted by Gasteiger charge is -2.43. The average molecular weight is 819 g/mol. The lowest BCUT2D eigenvalue weighted by atomic mass is 9.97. The van der Waals surface area contributed by atoms with E-state index in [2.05, 4.69) is 58.5 Å². The van der Waals surface area contributed by atoms with Crippen LogP contribution in [0.3, 0.4) is 0 Å². The number of carbonyl (C=O) groups is 2. The Balaban J connectivity index is 0.893. The minimum absolute atomic E-state index is 0.00771. The van der Waals surface area contributed by atoms with E-state index in [0.717, 1.165) is 63.4 Å². The van der Waals surface area contributed by atoms with Crippen molar-refractivity contribution in [1.29, 1.82) is 0 Å². The molecule has 0 bridgehead atoms. The number of ether oxygens (including phenoxy) is 2. The maximum Gasteiger partial charge on any atom is 0.247 e. The predicted octanol–water partition coefficient (Wildman–Crippen LogP) is 7.81. The molecule has 3 fully saturated rings. The first-order chi connectivity index (χ1) is 29.7. The van der Waals surface area contributed by atoms with E-state index in [4.69, 9.17) is 19.4 Å². The van der Waals surface area contributed by atoms with Crippen molar-refractivity contribution in [2.45, 2.75) is 55.6 Å². The first-order valence-corrected chi connectivity index (χ1v) is 21.3. The molecule has 4 aromatic carbocycles. The molecule has 3 aliphatic rings. The van der Waals surface area contributed by atoms with Crippen LogP contribution in [0.4, 0.5) is 0 Å². The van der Waals surface area contributed by atoms with Gasteiger partial charge in [-0.3, -0.25) is 24.3 Å². The first-order valence-electron chi connectivity index (χ1n) is 21.3. The molecular weight excluding hydrogens is 765 g/mol. The number of carbonyl (C=O) groups excluding carboxylic acids is 2. The fraction of sp³-hybridized carbons (Fsp3) is 0.347. The Morgan fingerprint density at radius 2 is 1.13 bits per heavy atom. The molecule has 3 saturated heterocycles. The number of imidazole rings is 2. The monoisotopic (exact) mass is 818 g/mol. The minimum Gasteiger partial charge on any atom is -0.381 e. The lowest BCUT2D eigenvalue weighted by Crippen LogP contribution is -2.55. The van der Waals surface area contributed by atoms with Gasteiger partial charge in [-0.25, -0.2) is 9.97 Å². The first kappa shape index (κ1) is 40.5. The fourth-order valence-corrected chi connectivity index (χ4v) is 9.48. The van der Waals surface area contributed by atoms with Gasteiger partial charge in [0.2, 0.25) is 11.8 Å². The summed E-state index contributed by atoms with van der Waals surface area (Å²) < 4.78 is 12.3. The molecule has 0 aliphatic carbocycles. The SMILES string of the molecule is CN(C)C(C(=O)N1CCCC1c1ncc(-c2ccc(-c3ccc(-c4cnc(C5COC6(CCOCC6)N5C(=O)C(c5ccccc5)N(C)C)[nH]4)cc3)cc2)[nH]1)c1ccccc1. The second kappa shape index (κ2) is 17.2. The summed E-state index contributed by atoms with van der Waals surface area (Å²) in [5, 5.41) is 0. The fourth-order valence-electron chi connectivity index (χ4n) is 9.48. The summed E-state index contributed by atoms with van der Waals surface area (Å²) in [6.45, 7) is 2.14. The summed E-state index contributed by atoms with van der Waals surface area (Å²) in [6, 6.07) is 35.5. The van der Waals surface area contributed by atoms with E-state index in [0.29, 0.717) is 45.0 Å². The summed E-state index contributed by atoms with van der Waals surface area (Å²) in [4.78, 5) is 53.3.